The molecular weight excluding hydrogens is 376 g/mol. The van der Waals surface area contributed by atoms with Gasteiger partial charge in [0.1, 0.15) is 0 Å². The lowest BCUT2D eigenvalue weighted by atomic mass is 10.2. The summed E-state index contributed by atoms with van der Waals surface area (Å²) in [7, 11) is 0. The first-order chi connectivity index (χ1) is 9.06. The van der Waals surface area contributed by atoms with E-state index in [0.29, 0.717) is 18.9 Å². The molecule has 102 valence electrons. The number of allylic oxidation sites excluding steroid dienone is 3. The predicted octanol–water partition coefficient (Wildman–Crippen LogP) is 2.37. The summed E-state index contributed by atoms with van der Waals surface area (Å²) >= 11 is 6.79. The van der Waals surface area contributed by atoms with Crippen LogP contribution in [0.5, 0.6) is 0 Å². The van der Waals surface area contributed by atoms with Gasteiger partial charge in [-0.15, -0.1) is 0 Å². The number of carbonyl (C=O) groups is 1. The minimum atomic E-state index is -0.0180. The molecule has 1 aliphatic rings. The fraction of sp³-hybridized carbons (Fsp3) is 0.333. The summed E-state index contributed by atoms with van der Waals surface area (Å²) in [6, 6.07) is 0. The van der Waals surface area contributed by atoms with Crippen LogP contribution in [0.4, 0.5) is 5.95 Å². The van der Waals surface area contributed by atoms with E-state index >= 15 is 0 Å². The maximum absolute atomic E-state index is 11.9. The van der Waals surface area contributed by atoms with Crippen LogP contribution in [0.2, 0.25) is 0 Å². The number of aryl methyl sites for hydroxylation is 1. The molecule has 0 aromatic carbocycles. The number of rotatable bonds is 5. The Morgan fingerprint density at radius 2 is 2.32 bits per heavy atom. The van der Waals surface area contributed by atoms with Crippen LogP contribution in [0.3, 0.4) is 0 Å². The van der Waals surface area contributed by atoms with Crippen molar-refractivity contribution in [2.24, 2.45) is 0 Å². The number of imidazole rings is 1. The molecule has 0 spiro atoms. The van der Waals surface area contributed by atoms with E-state index in [0.717, 1.165) is 33.1 Å². The first-order valence-electron chi connectivity index (χ1n) is 5.88. The van der Waals surface area contributed by atoms with Crippen molar-refractivity contribution < 1.29 is 4.79 Å². The van der Waals surface area contributed by atoms with Crippen molar-refractivity contribution in [1.29, 1.82) is 0 Å². The quantitative estimate of drug-likeness (QED) is 0.676. The van der Waals surface area contributed by atoms with Gasteiger partial charge in [-0.2, -0.15) is 0 Å². The van der Waals surface area contributed by atoms with Crippen LogP contribution in [0, 0.1) is 0 Å². The molecule has 0 saturated carbocycles. The molecule has 0 radical (unpaired) electrons. The Bertz CT molecular complexity index is 548. The maximum Gasteiger partial charge on any atom is 0.247 e. The molecule has 1 heterocycles. The fourth-order valence-corrected chi connectivity index (χ4v) is 2.61. The van der Waals surface area contributed by atoms with Gasteiger partial charge in [-0.3, -0.25) is 4.79 Å². The van der Waals surface area contributed by atoms with Gasteiger partial charge < -0.3 is 16.0 Å². The molecule has 7 heteroatoms. The lowest BCUT2D eigenvalue weighted by Crippen LogP contribution is -2.25. The number of nitrogens with one attached hydrogen (secondary N) is 2. The summed E-state index contributed by atoms with van der Waals surface area (Å²) in [4.78, 5) is 18.7. The monoisotopic (exact) mass is 388 g/mol. The van der Waals surface area contributed by atoms with Gasteiger partial charge in [0.15, 0.2) is 5.95 Å². The molecule has 4 N–H and O–H groups in total. The van der Waals surface area contributed by atoms with E-state index in [1.807, 2.05) is 6.08 Å². The zero-order valence-electron chi connectivity index (χ0n) is 10.2. The number of nitrogens with zero attached hydrogens (tertiary/aromatic N) is 1. The van der Waals surface area contributed by atoms with Gasteiger partial charge in [0.2, 0.25) is 5.91 Å². The number of hydrogen-bond acceptors (Lipinski definition) is 3. The molecule has 0 saturated heterocycles. The third-order valence-electron chi connectivity index (χ3n) is 2.75. The van der Waals surface area contributed by atoms with Gasteiger partial charge in [0.25, 0.3) is 0 Å². The van der Waals surface area contributed by atoms with Crippen LogP contribution < -0.4 is 11.1 Å². The average molecular weight is 390 g/mol. The Morgan fingerprint density at radius 3 is 2.89 bits per heavy atom. The fourth-order valence-electron chi connectivity index (χ4n) is 1.78. The number of nitrogen functional groups attached to an aromatic ring is 1. The van der Waals surface area contributed by atoms with Gasteiger partial charge in [0, 0.05) is 33.2 Å². The molecule has 0 unspecified atom stereocenters. The van der Waals surface area contributed by atoms with E-state index in [1.165, 1.54) is 0 Å². The van der Waals surface area contributed by atoms with Crippen LogP contribution in [0.15, 0.2) is 26.8 Å². The second kappa shape index (κ2) is 6.38. The minimum Gasteiger partial charge on any atom is -0.369 e. The van der Waals surface area contributed by atoms with Crippen LogP contribution in [0.1, 0.15) is 18.5 Å². The van der Waals surface area contributed by atoms with Crippen molar-refractivity contribution in [1.82, 2.24) is 15.3 Å². The summed E-state index contributed by atoms with van der Waals surface area (Å²) in [6.45, 7) is 0.629. The Morgan fingerprint density at radius 1 is 1.53 bits per heavy atom. The smallest absolute Gasteiger partial charge is 0.247 e. The molecule has 1 aromatic rings. The lowest BCUT2D eigenvalue weighted by Gasteiger charge is -2.05. The van der Waals surface area contributed by atoms with E-state index in [2.05, 4.69) is 47.1 Å². The number of aromatic amines is 1. The molecule has 19 heavy (non-hydrogen) atoms. The van der Waals surface area contributed by atoms with Gasteiger partial charge in [-0.1, -0.05) is 15.9 Å². The number of halogens is 2. The second-order valence-electron chi connectivity index (χ2n) is 4.25. The van der Waals surface area contributed by atoms with Gasteiger partial charge >= 0.3 is 0 Å². The highest BCUT2D eigenvalue weighted by Crippen LogP contribution is 2.33. The van der Waals surface area contributed by atoms with Crippen molar-refractivity contribution in [2.45, 2.75) is 19.3 Å². The number of aromatic nitrogens is 2. The zero-order valence-corrected chi connectivity index (χ0v) is 13.3. The highest BCUT2D eigenvalue weighted by Gasteiger charge is 2.17. The van der Waals surface area contributed by atoms with Gasteiger partial charge in [0.05, 0.1) is 6.20 Å². The molecule has 5 nitrogen and oxygen atoms in total. The minimum absolute atomic E-state index is 0.0180. The van der Waals surface area contributed by atoms with E-state index in [4.69, 9.17) is 5.73 Å². The van der Waals surface area contributed by atoms with Gasteiger partial charge in [-0.05, 0) is 34.8 Å². The molecule has 2 rings (SSSR count). The lowest BCUT2D eigenvalue weighted by molar-refractivity contribution is -0.117. The molecular formula is C12H14Br2N4O. The predicted molar refractivity (Wildman–Crippen MR) is 81.9 cm³/mol. The van der Waals surface area contributed by atoms with E-state index in [-0.39, 0.29) is 5.91 Å². The third-order valence-corrected chi connectivity index (χ3v) is 4.70. The molecule has 0 atom stereocenters. The summed E-state index contributed by atoms with van der Waals surface area (Å²) < 4.78 is 1.94. The topological polar surface area (TPSA) is 83.8 Å². The highest BCUT2D eigenvalue weighted by molar-refractivity contribution is 9.14. The number of hydrogen-bond donors (Lipinski definition) is 3. The van der Waals surface area contributed by atoms with Crippen LogP contribution in [-0.4, -0.2) is 22.4 Å². The zero-order chi connectivity index (χ0) is 13.8. The number of anilines is 1. The van der Waals surface area contributed by atoms with E-state index < -0.39 is 0 Å². The highest BCUT2D eigenvalue weighted by atomic mass is 79.9. The van der Waals surface area contributed by atoms with Crippen LogP contribution in [0.25, 0.3) is 0 Å². The van der Waals surface area contributed by atoms with Crippen LogP contribution >= 0.6 is 31.9 Å². The summed E-state index contributed by atoms with van der Waals surface area (Å²) in [6.07, 6.45) is 5.86. The van der Waals surface area contributed by atoms with E-state index in [1.54, 1.807) is 6.20 Å². The standard InChI is InChI=1S/C12H14Br2N4O/c13-9-4-7(5-10(9)14)11(19)16-3-1-2-8-6-17-12(15)18-8/h4,6H,1-3,5H2,(H,16,19)(H3,15,17,18). The summed E-state index contributed by atoms with van der Waals surface area (Å²) in [5.41, 5.74) is 7.24. The molecule has 0 fully saturated rings. The summed E-state index contributed by atoms with van der Waals surface area (Å²) in [5, 5.41) is 2.90. The van der Waals surface area contributed by atoms with E-state index in [9.17, 15) is 4.79 Å². The Hall–Kier alpha value is -1.08. The Labute approximate surface area is 128 Å². The van der Waals surface area contributed by atoms with Crippen molar-refractivity contribution in [3.8, 4) is 0 Å². The molecule has 0 aliphatic heterocycles. The Kier molecular flexibility index (Phi) is 4.81. The summed E-state index contributed by atoms with van der Waals surface area (Å²) in [5.74, 6) is 0.409. The molecule has 0 bridgehead atoms. The average Bonchev–Trinajstić information content (AvgIpc) is 2.92. The van der Waals surface area contributed by atoms with Gasteiger partial charge in [-0.25, -0.2) is 4.98 Å². The molecule has 1 aromatic heterocycles. The molecule has 1 aliphatic carbocycles. The van der Waals surface area contributed by atoms with Crippen molar-refractivity contribution in [3.05, 3.63) is 32.5 Å². The Balaban J connectivity index is 1.69. The van der Waals surface area contributed by atoms with Crippen molar-refractivity contribution in [2.75, 3.05) is 12.3 Å². The van der Waals surface area contributed by atoms with Crippen molar-refractivity contribution >= 4 is 43.7 Å². The SMILES string of the molecule is Nc1ncc(CCCNC(=O)C2=CC(Br)=C(Br)C2)[nH]1. The third kappa shape index (κ3) is 3.94. The number of H-pyrrole nitrogens is 1. The largest absolute Gasteiger partial charge is 0.369 e. The van der Waals surface area contributed by atoms with Crippen molar-refractivity contribution in [3.63, 3.8) is 0 Å². The first-order valence-corrected chi connectivity index (χ1v) is 7.47. The molecule has 1 amide bonds. The number of nitrogens with two attached hydrogens (primary N) is 1. The second-order valence-corrected chi connectivity index (χ2v) is 6.06. The number of carbonyl (C=O) groups excluding carboxylic acids is 1. The normalized spacial score (nSPS) is 14.7. The first kappa shape index (κ1) is 14.3. The maximum atomic E-state index is 11.9. The van der Waals surface area contributed by atoms with Crippen LogP contribution in [-0.2, 0) is 11.2 Å². The number of amides is 1.